The summed E-state index contributed by atoms with van der Waals surface area (Å²) >= 11 is 6.03. The van der Waals surface area contributed by atoms with Crippen LogP contribution in [0.2, 0.25) is 0 Å². The third kappa shape index (κ3) is 8.42. The van der Waals surface area contributed by atoms with E-state index in [2.05, 4.69) is 27.5 Å². The Hall–Kier alpha value is -2.66. The average molecular weight is 568 g/mol. The average Bonchev–Trinajstić information content (AvgIpc) is 3.89. The van der Waals surface area contributed by atoms with Crippen LogP contribution in [-0.4, -0.2) is 52.2 Å². The fourth-order valence-corrected chi connectivity index (χ4v) is 5.59. The number of pyridine rings is 1. The Bertz CT molecular complexity index is 1210. The summed E-state index contributed by atoms with van der Waals surface area (Å²) in [6.45, 7) is 0.619. The first-order chi connectivity index (χ1) is 19.4. The number of carbonyl (C=O) groups excluding carboxylic acids is 1. The number of benzene rings is 1. The molecule has 0 bridgehead atoms. The lowest BCUT2D eigenvalue weighted by Gasteiger charge is -2.35. The molecule has 214 valence electrons. The number of aromatic nitrogens is 1. The van der Waals surface area contributed by atoms with Gasteiger partial charge in [-0.3, -0.25) is 10.1 Å². The van der Waals surface area contributed by atoms with E-state index >= 15 is 0 Å². The SMILES string of the molecule is O=C(NC(Cc1ccccc1)C(O)CNC1(C#CCC2CC2)CCCCC1)c1cc(F)nc(OCC2CC2Cl)c1. The molecule has 4 atom stereocenters. The summed E-state index contributed by atoms with van der Waals surface area (Å²) in [5.74, 6) is 6.66. The summed E-state index contributed by atoms with van der Waals surface area (Å²) < 4.78 is 19.9. The van der Waals surface area contributed by atoms with E-state index in [4.69, 9.17) is 16.3 Å². The summed E-state index contributed by atoms with van der Waals surface area (Å²) in [4.78, 5) is 17.1. The lowest BCUT2D eigenvalue weighted by molar-refractivity contribution is 0.0809. The van der Waals surface area contributed by atoms with Gasteiger partial charge in [0.05, 0.1) is 24.3 Å². The number of aliphatic hydroxyl groups is 1. The number of ether oxygens (including phenoxy) is 1. The number of rotatable bonds is 12. The van der Waals surface area contributed by atoms with Gasteiger partial charge in [0.2, 0.25) is 11.8 Å². The number of carbonyl (C=O) groups is 1. The monoisotopic (exact) mass is 567 g/mol. The van der Waals surface area contributed by atoms with Crippen molar-refractivity contribution in [3.05, 3.63) is 59.5 Å². The van der Waals surface area contributed by atoms with E-state index in [1.54, 1.807) is 0 Å². The number of aliphatic hydroxyl groups excluding tert-OH is 1. The molecule has 3 aliphatic carbocycles. The quantitative estimate of drug-likeness (QED) is 0.190. The standard InChI is InChI=1S/C32H39ClFN3O3/c33-26-17-25(26)21-40-30-19-24(18-29(34)37-30)31(39)36-27(16-23-8-3-1-4-9-23)28(38)20-35-32(13-5-2-6-14-32)15-7-10-22-11-12-22/h1,3-4,8-9,18-19,22,25-28,35,38H,2,5-6,10-14,16-17,20-21H2,(H,36,39). The zero-order chi connectivity index (χ0) is 28.0. The van der Waals surface area contributed by atoms with Crippen molar-refractivity contribution in [2.45, 2.75) is 87.3 Å². The normalized spacial score (nSPS) is 22.9. The maximum absolute atomic E-state index is 14.3. The molecule has 1 heterocycles. The smallest absolute Gasteiger partial charge is 0.251 e. The lowest BCUT2D eigenvalue weighted by Crippen LogP contribution is -2.54. The molecule has 3 N–H and O–H groups in total. The van der Waals surface area contributed by atoms with Gasteiger partial charge in [-0.05, 0) is 50.0 Å². The number of halogens is 2. The first kappa shape index (κ1) is 28.9. The van der Waals surface area contributed by atoms with Crippen molar-refractivity contribution in [2.75, 3.05) is 13.2 Å². The molecule has 2 aromatic rings. The van der Waals surface area contributed by atoms with Gasteiger partial charge in [-0.1, -0.05) is 55.5 Å². The van der Waals surface area contributed by atoms with Gasteiger partial charge in [0.25, 0.3) is 5.91 Å². The molecule has 1 amide bonds. The molecular formula is C32H39ClFN3O3. The number of nitrogens with zero attached hydrogens (tertiary/aromatic N) is 1. The van der Waals surface area contributed by atoms with Gasteiger partial charge in [0.15, 0.2) is 0 Å². The highest BCUT2D eigenvalue weighted by Gasteiger charge is 2.36. The third-order valence-electron chi connectivity index (χ3n) is 8.17. The van der Waals surface area contributed by atoms with Crippen molar-refractivity contribution in [3.63, 3.8) is 0 Å². The zero-order valence-corrected chi connectivity index (χ0v) is 23.6. The summed E-state index contributed by atoms with van der Waals surface area (Å²) in [5, 5.41) is 18.0. The van der Waals surface area contributed by atoms with Crippen LogP contribution in [0.4, 0.5) is 4.39 Å². The highest BCUT2D eigenvalue weighted by Crippen LogP contribution is 2.36. The molecular weight excluding hydrogens is 529 g/mol. The zero-order valence-electron chi connectivity index (χ0n) is 22.9. The third-order valence-corrected chi connectivity index (χ3v) is 8.70. The van der Waals surface area contributed by atoms with Gasteiger partial charge in [-0.15, -0.1) is 17.5 Å². The second-order valence-electron chi connectivity index (χ2n) is 11.6. The molecule has 8 heteroatoms. The highest BCUT2D eigenvalue weighted by molar-refractivity contribution is 6.22. The maximum Gasteiger partial charge on any atom is 0.251 e. The largest absolute Gasteiger partial charge is 0.477 e. The molecule has 0 radical (unpaired) electrons. The van der Waals surface area contributed by atoms with Crippen LogP contribution in [0.3, 0.4) is 0 Å². The second-order valence-corrected chi connectivity index (χ2v) is 12.2. The Balaban J connectivity index is 1.27. The Morgan fingerprint density at radius 3 is 2.65 bits per heavy atom. The Morgan fingerprint density at radius 1 is 1.20 bits per heavy atom. The van der Waals surface area contributed by atoms with Gasteiger partial charge in [0, 0.05) is 42.0 Å². The van der Waals surface area contributed by atoms with Gasteiger partial charge >= 0.3 is 0 Å². The number of amides is 1. The van der Waals surface area contributed by atoms with Gasteiger partial charge < -0.3 is 15.2 Å². The molecule has 3 aliphatic rings. The van der Waals surface area contributed by atoms with E-state index in [0.717, 1.165) is 56.1 Å². The van der Waals surface area contributed by atoms with Crippen LogP contribution < -0.4 is 15.4 Å². The van der Waals surface area contributed by atoms with E-state index in [9.17, 15) is 14.3 Å². The van der Waals surface area contributed by atoms with E-state index in [1.165, 1.54) is 25.3 Å². The molecule has 3 saturated carbocycles. The summed E-state index contributed by atoms with van der Waals surface area (Å²) in [5.41, 5.74) is 0.765. The fraction of sp³-hybridized carbons (Fsp3) is 0.562. The van der Waals surface area contributed by atoms with Crippen LogP contribution in [-0.2, 0) is 6.42 Å². The van der Waals surface area contributed by atoms with Gasteiger partial charge in [-0.2, -0.15) is 9.37 Å². The van der Waals surface area contributed by atoms with Crippen molar-refractivity contribution >= 4 is 17.5 Å². The van der Waals surface area contributed by atoms with Crippen molar-refractivity contribution in [2.24, 2.45) is 11.8 Å². The van der Waals surface area contributed by atoms with Crippen LogP contribution in [0.5, 0.6) is 5.88 Å². The predicted molar refractivity (Wildman–Crippen MR) is 154 cm³/mol. The van der Waals surface area contributed by atoms with Crippen molar-refractivity contribution in [1.82, 2.24) is 15.6 Å². The van der Waals surface area contributed by atoms with Crippen LogP contribution in [0.25, 0.3) is 0 Å². The Kier molecular flexibility index (Phi) is 9.62. The van der Waals surface area contributed by atoms with Crippen LogP contribution in [0.15, 0.2) is 42.5 Å². The van der Waals surface area contributed by atoms with Crippen LogP contribution in [0, 0.1) is 29.6 Å². The molecule has 1 aromatic heterocycles. The minimum Gasteiger partial charge on any atom is -0.477 e. The number of alkyl halides is 1. The lowest BCUT2D eigenvalue weighted by atomic mass is 9.81. The first-order valence-electron chi connectivity index (χ1n) is 14.6. The number of β-amino-alcohol motifs (C(OH)–C–C–N with tert-alkyl or cyclic N) is 1. The maximum atomic E-state index is 14.3. The molecule has 40 heavy (non-hydrogen) atoms. The van der Waals surface area contributed by atoms with E-state index in [-0.39, 0.29) is 34.8 Å². The van der Waals surface area contributed by atoms with Gasteiger partial charge in [-0.25, -0.2) is 0 Å². The number of nitrogens with one attached hydrogen (secondary N) is 2. The minimum absolute atomic E-state index is 0.0479. The number of hydrogen-bond acceptors (Lipinski definition) is 5. The molecule has 0 aliphatic heterocycles. The summed E-state index contributed by atoms with van der Waals surface area (Å²) in [6.07, 6.45) is 9.21. The predicted octanol–water partition coefficient (Wildman–Crippen LogP) is 5.02. The molecule has 4 unspecified atom stereocenters. The van der Waals surface area contributed by atoms with E-state index in [1.807, 2.05) is 30.3 Å². The Labute approximate surface area is 241 Å². The minimum atomic E-state index is -0.883. The first-order valence-corrected chi connectivity index (χ1v) is 15.1. The topological polar surface area (TPSA) is 83.5 Å². The summed E-state index contributed by atoms with van der Waals surface area (Å²) in [6, 6.07) is 11.6. The Morgan fingerprint density at radius 2 is 1.95 bits per heavy atom. The number of hydrogen-bond donors (Lipinski definition) is 3. The second kappa shape index (κ2) is 13.3. The molecule has 6 nitrogen and oxygen atoms in total. The molecule has 0 saturated heterocycles. The van der Waals surface area contributed by atoms with Crippen molar-refractivity contribution < 1.29 is 19.0 Å². The molecule has 1 aromatic carbocycles. The van der Waals surface area contributed by atoms with Crippen LogP contribution in [0.1, 0.15) is 73.7 Å². The van der Waals surface area contributed by atoms with Crippen molar-refractivity contribution in [3.8, 4) is 17.7 Å². The van der Waals surface area contributed by atoms with Crippen molar-refractivity contribution in [1.29, 1.82) is 0 Å². The van der Waals surface area contributed by atoms with Crippen LogP contribution >= 0.6 is 11.6 Å². The summed E-state index contributed by atoms with van der Waals surface area (Å²) in [7, 11) is 0. The van der Waals surface area contributed by atoms with Gasteiger partial charge in [0.1, 0.15) is 0 Å². The highest BCUT2D eigenvalue weighted by atomic mass is 35.5. The molecule has 0 spiro atoms. The molecule has 5 rings (SSSR count). The van der Waals surface area contributed by atoms with E-state index < -0.39 is 24.0 Å². The fourth-order valence-electron chi connectivity index (χ4n) is 5.29. The van der Waals surface area contributed by atoms with E-state index in [0.29, 0.717) is 13.0 Å². The molecule has 3 fully saturated rings.